The molecule has 62 valence electrons. The molecule has 0 aliphatic carbocycles. The average molecular weight is 372 g/mol. The van der Waals surface area contributed by atoms with Gasteiger partial charge in [0.15, 0.2) is 1.43 Å². The molecule has 0 saturated carbocycles. The van der Waals surface area contributed by atoms with Crippen LogP contribution in [-0.2, 0) is 0 Å². The summed E-state index contributed by atoms with van der Waals surface area (Å²) < 4.78 is -0.905. The standard InChI is InChI=1S/C5H10I2O3/c1-2-3-4(6,7)5(8,9)10/h8-10H,2-3H2,1H3. The molecule has 0 amide bonds. The Kier molecular flexibility index (Phi) is 4.35. The maximum atomic E-state index is 8.77. The SMILES string of the molecule is CCCC(I)(I)C(O)(O)O. The molecule has 0 radical (unpaired) electrons. The molecule has 5 heteroatoms. The van der Waals surface area contributed by atoms with Crippen LogP contribution in [0, 0.1) is 0 Å². The number of hydrogen-bond donors (Lipinski definition) is 3. The predicted octanol–water partition coefficient (Wildman–Crippen LogP) is 0.983. The monoisotopic (exact) mass is 372 g/mol. The van der Waals surface area contributed by atoms with Gasteiger partial charge in [-0.05, 0) is 6.42 Å². The number of halogens is 2. The van der Waals surface area contributed by atoms with Crippen LogP contribution in [0.1, 0.15) is 19.8 Å². The summed E-state index contributed by atoms with van der Waals surface area (Å²) in [6, 6.07) is 0. The van der Waals surface area contributed by atoms with Gasteiger partial charge in [-0.25, -0.2) is 0 Å². The average Bonchev–Trinajstić information content (AvgIpc) is 1.61. The molecule has 0 rings (SSSR count). The molecule has 0 aromatic carbocycles. The van der Waals surface area contributed by atoms with Crippen molar-refractivity contribution in [3.8, 4) is 0 Å². The number of alkyl halides is 2. The zero-order valence-electron chi connectivity index (χ0n) is 5.51. The van der Waals surface area contributed by atoms with E-state index >= 15 is 0 Å². The van der Waals surface area contributed by atoms with Crippen molar-refractivity contribution in [3.63, 3.8) is 0 Å². The first kappa shape index (κ1) is 11.3. The van der Waals surface area contributed by atoms with Crippen LogP contribution in [0.15, 0.2) is 0 Å². The van der Waals surface area contributed by atoms with E-state index in [0.717, 1.165) is 6.42 Å². The Balaban J connectivity index is 4.10. The first-order valence-corrected chi connectivity index (χ1v) is 5.02. The zero-order chi connectivity index (χ0) is 8.41. The van der Waals surface area contributed by atoms with Crippen molar-refractivity contribution in [1.29, 1.82) is 0 Å². The van der Waals surface area contributed by atoms with Crippen molar-refractivity contribution < 1.29 is 15.3 Å². The highest BCUT2D eigenvalue weighted by Gasteiger charge is 2.43. The summed E-state index contributed by atoms with van der Waals surface area (Å²) in [5, 5.41) is 26.3. The van der Waals surface area contributed by atoms with E-state index in [4.69, 9.17) is 15.3 Å². The van der Waals surface area contributed by atoms with Crippen LogP contribution in [0.2, 0.25) is 0 Å². The molecule has 0 spiro atoms. The molecule has 0 atom stereocenters. The summed E-state index contributed by atoms with van der Waals surface area (Å²) in [5.41, 5.74) is 0. The van der Waals surface area contributed by atoms with Gasteiger partial charge in [0.05, 0.1) is 0 Å². The molecule has 0 aliphatic rings. The van der Waals surface area contributed by atoms with Gasteiger partial charge < -0.3 is 15.3 Å². The van der Waals surface area contributed by atoms with E-state index in [1.807, 2.05) is 52.1 Å². The second kappa shape index (κ2) is 3.83. The maximum absolute atomic E-state index is 8.77. The minimum atomic E-state index is -2.58. The van der Waals surface area contributed by atoms with Crippen LogP contribution in [0.3, 0.4) is 0 Å². The largest absolute Gasteiger partial charge is 0.342 e. The lowest BCUT2D eigenvalue weighted by Gasteiger charge is -2.29. The zero-order valence-corrected chi connectivity index (χ0v) is 9.83. The second-order valence-electron chi connectivity index (χ2n) is 2.09. The first-order valence-electron chi connectivity index (χ1n) is 2.86. The van der Waals surface area contributed by atoms with Crippen molar-refractivity contribution in [3.05, 3.63) is 0 Å². The Morgan fingerprint density at radius 3 is 1.70 bits per heavy atom. The molecule has 10 heavy (non-hydrogen) atoms. The third-order valence-electron chi connectivity index (χ3n) is 1.05. The molecule has 3 nitrogen and oxygen atoms in total. The number of rotatable bonds is 3. The minimum Gasteiger partial charge on any atom is -0.342 e. The molecule has 0 aliphatic heterocycles. The molecule has 0 aromatic heterocycles. The van der Waals surface area contributed by atoms with Crippen LogP contribution in [0.5, 0.6) is 0 Å². The van der Waals surface area contributed by atoms with Gasteiger partial charge >= 0.3 is 0 Å². The van der Waals surface area contributed by atoms with Gasteiger partial charge in [0.1, 0.15) is 0 Å². The summed E-state index contributed by atoms with van der Waals surface area (Å²) >= 11 is 3.64. The van der Waals surface area contributed by atoms with E-state index in [9.17, 15) is 0 Å². The van der Waals surface area contributed by atoms with Crippen LogP contribution in [0.4, 0.5) is 0 Å². The summed E-state index contributed by atoms with van der Waals surface area (Å²) in [4.78, 5) is 0. The molecule has 0 aromatic rings. The van der Waals surface area contributed by atoms with Gasteiger partial charge in [-0.15, -0.1) is 0 Å². The van der Waals surface area contributed by atoms with Crippen molar-refractivity contribution in [2.75, 3.05) is 0 Å². The summed E-state index contributed by atoms with van der Waals surface area (Å²) in [6.07, 6.45) is 1.35. The number of aliphatic hydroxyl groups is 3. The Labute approximate surface area is 87.1 Å². The van der Waals surface area contributed by atoms with Gasteiger partial charge in [0, 0.05) is 0 Å². The third kappa shape index (κ3) is 3.16. The van der Waals surface area contributed by atoms with E-state index < -0.39 is 7.40 Å². The summed E-state index contributed by atoms with van der Waals surface area (Å²) in [5.74, 6) is -2.58. The molecular weight excluding hydrogens is 362 g/mol. The van der Waals surface area contributed by atoms with Gasteiger partial charge in [-0.1, -0.05) is 58.5 Å². The first-order chi connectivity index (χ1) is 4.31. The highest BCUT2D eigenvalue weighted by Crippen LogP contribution is 2.40. The van der Waals surface area contributed by atoms with Gasteiger partial charge in [-0.2, -0.15) is 0 Å². The molecule has 0 saturated heterocycles. The van der Waals surface area contributed by atoms with Crippen LogP contribution in [-0.4, -0.2) is 22.7 Å². The molecular formula is C5H10I2O3. The van der Waals surface area contributed by atoms with Crippen LogP contribution >= 0.6 is 45.2 Å². The van der Waals surface area contributed by atoms with E-state index in [2.05, 4.69) is 0 Å². The van der Waals surface area contributed by atoms with Crippen molar-refractivity contribution in [2.24, 2.45) is 0 Å². The Morgan fingerprint density at radius 2 is 1.60 bits per heavy atom. The van der Waals surface area contributed by atoms with Gasteiger partial charge in [-0.3, -0.25) is 0 Å². The van der Waals surface area contributed by atoms with Crippen molar-refractivity contribution in [2.45, 2.75) is 27.2 Å². The summed E-state index contributed by atoms with van der Waals surface area (Å²) in [6.45, 7) is 1.91. The number of hydrogen-bond acceptors (Lipinski definition) is 3. The topological polar surface area (TPSA) is 60.7 Å². The Bertz CT molecular complexity index is 108. The molecule has 0 unspecified atom stereocenters. The molecule has 0 heterocycles. The fourth-order valence-corrected chi connectivity index (χ4v) is 1.56. The lowest BCUT2D eigenvalue weighted by Crippen LogP contribution is -2.45. The lowest BCUT2D eigenvalue weighted by molar-refractivity contribution is -0.310. The quantitative estimate of drug-likeness (QED) is 0.394. The second-order valence-corrected chi connectivity index (χ2v) is 7.84. The fraction of sp³-hybridized carbons (Fsp3) is 1.00. The highest BCUT2D eigenvalue weighted by molar-refractivity contribution is 14.2. The van der Waals surface area contributed by atoms with Gasteiger partial charge in [0.25, 0.3) is 5.97 Å². The smallest absolute Gasteiger partial charge is 0.300 e. The van der Waals surface area contributed by atoms with E-state index in [1.54, 1.807) is 0 Å². The molecule has 0 bridgehead atoms. The molecule has 3 N–H and O–H groups in total. The van der Waals surface area contributed by atoms with Gasteiger partial charge in [0.2, 0.25) is 0 Å². The highest BCUT2D eigenvalue weighted by atomic mass is 127. The summed E-state index contributed by atoms with van der Waals surface area (Å²) in [7, 11) is 0. The van der Waals surface area contributed by atoms with E-state index in [0.29, 0.717) is 6.42 Å². The Morgan fingerprint density at radius 1 is 1.20 bits per heavy atom. The lowest BCUT2D eigenvalue weighted by atomic mass is 10.2. The van der Waals surface area contributed by atoms with Crippen LogP contribution < -0.4 is 0 Å². The predicted molar refractivity (Wildman–Crippen MR) is 55.1 cm³/mol. The maximum Gasteiger partial charge on any atom is 0.300 e. The molecule has 0 fully saturated rings. The normalized spacial score (nSPS) is 13.8. The van der Waals surface area contributed by atoms with E-state index in [-0.39, 0.29) is 0 Å². The third-order valence-corrected chi connectivity index (χ3v) is 3.58. The van der Waals surface area contributed by atoms with Crippen molar-refractivity contribution in [1.82, 2.24) is 0 Å². The van der Waals surface area contributed by atoms with E-state index in [1.165, 1.54) is 0 Å². The van der Waals surface area contributed by atoms with Crippen LogP contribution in [0.25, 0.3) is 0 Å². The van der Waals surface area contributed by atoms with Crippen molar-refractivity contribution >= 4 is 45.2 Å². The fourth-order valence-electron chi connectivity index (χ4n) is 0.482. The minimum absolute atomic E-state index is 0.553. The Hall–Kier alpha value is 1.34.